The van der Waals surface area contributed by atoms with E-state index in [1.807, 2.05) is 11.3 Å². The molecule has 1 amide bonds. The Morgan fingerprint density at radius 3 is 2.67 bits per heavy atom. The SMILES string of the molecule is Cc1ncc2ccc(C(=O)NC(C)Cc3c(F)cccc3F)cn12. The van der Waals surface area contributed by atoms with Crippen LogP contribution in [0.5, 0.6) is 0 Å². The lowest BCUT2D eigenvalue weighted by Crippen LogP contribution is -2.34. The molecule has 6 heteroatoms. The van der Waals surface area contributed by atoms with Crippen molar-refractivity contribution < 1.29 is 13.6 Å². The number of carbonyl (C=O) groups is 1. The zero-order chi connectivity index (χ0) is 17.3. The van der Waals surface area contributed by atoms with Crippen LogP contribution in [0, 0.1) is 18.6 Å². The van der Waals surface area contributed by atoms with Crippen LogP contribution in [0.15, 0.2) is 42.7 Å². The van der Waals surface area contributed by atoms with Gasteiger partial charge in [-0.25, -0.2) is 13.8 Å². The van der Waals surface area contributed by atoms with Gasteiger partial charge in [0.25, 0.3) is 5.91 Å². The van der Waals surface area contributed by atoms with Crippen LogP contribution in [0.25, 0.3) is 5.52 Å². The van der Waals surface area contributed by atoms with E-state index in [4.69, 9.17) is 0 Å². The molecule has 1 atom stereocenters. The smallest absolute Gasteiger partial charge is 0.252 e. The number of pyridine rings is 1. The monoisotopic (exact) mass is 329 g/mol. The minimum Gasteiger partial charge on any atom is -0.349 e. The summed E-state index contributed by atoms with van der Waals surface area (Å²) < 4.78 is 29.2. The second kappa shape index (κ2) is 6.39. The molecule has 1 N–H and O–H groups in total. The summed E-state index contributed by atoms with van der Waals surface area (Å²) in [6, 6.07) is 6.83. The molecule has 24 heavy (non-hydrogen) atoms. The molecular weight excluding hydrogens is 312 g/mol. The maximum absolute atomic E-state index is 13.7. The van der Waals surface area contributed by atoms with Crippen LogP contribution in [0.1, 0.15) is 28.7 Å². The lowest BCUT2D eigenvalue weighted by Gasteiger charge is -2.15. The minimum atomic E-state index is -0.605. The third kappa shape index (κ3) is 3.13. The summed E-state index contributed by atoms with van der Waals surface area (Å²) in [5, 5.41) is 2.77. The van der Waals surface area contributed by atoms with E-state index in [-0.39, 0.29) is 17.9 Å². The highest BCUT2D eigenvalue weighted by atomic mass is 19.1. The average molecular weight is 329 g/mol. The molecule has 0 bridgehead atoms. The Kier molecular flexibility index (Phi) is 4.29. The Labute approximate surface area is 138 Å². The van der Waals surface area contributed by atoms with Gasteiger partial charge in [0.2, 0.25) is 0 Å². The number of nitrogens with zero attached hydrogens (tertiary/aromatic N) is 2. The summed E-state index contributed by atoms with van der Waals surface area (Å²) in [5.41, 5.74) is 1.33. The van der Waals surface area contributed by atoms with Crippen molar-refractivity contribution in [3.8, 4) is 0 Å². The first-order valence-electron chi connectivity index (χ1n) is 7.63. The highest BCUT2D eigenvalue weighted by molar-refractivity contribution is 5.94. The maximum atomic E-state index is 13.7. The van der Waals surface area contributed by atoms with E-state index in [9.17, 15) is 13.6 Å². The van der Waals surface area contributed by atoms with Crippen LogP contribution in [0.4, 0.5) is 8.78 Å². The zero-order valence-corrected chi connectivity index (χ0v) is 13.4. The molecule has 2 aromatic heterocycles. The number of halogens is 2. The van der Waals surface area contributed by atoms with Gasteiger partial charge in [-0.2, -0.15) is 0 Å². The van der Waals surface area contributed by atoms with Crippen molar-refractivity contribution in [3.05, 3.63) is 71.3 Å². The Morgan fingerprint density at radius 2 is 1.96 bits per heavy atom. The van der Waals surface area contributed by atoms with Gasteiger partial charge in [0.05, 0.1) is 17.3 Å². The first-order chi connectivity index (χ1) is 11.5. The molecule has 0 saturated heterocycles. The van der Waals surface area contributed by atoms with E-state index in [0.717, 1.165) is 11.3 Å². The zero-order valence-electron chi connectivity index (χ0n) is 13.4. The third-order valence-electron chi connectivity index (χ3n) is 3.92. The van der Waals surface area contributed by atoms with Crippen molar-refractivity contribution in [3.63, 3.8) is 0 Å². The fraction of sp³-hybridized carbons (Fsp3) is 0.222. The number of aryl methyl sites for hydroxylation is 1. The first-order valence-corrected chi connectivity index (χ1v) is 7.63. The lowest BCUT2D eigenvalue weighted by atomic mass is 10.1. The summed E-state index contributed by atoms with van der Waals surface area (Å²) in [6.45, 7) is 3.56. The Balaban J connectivity index is 1.74. The quantitative estimate of drug-likeness (QED) is 0.798. The number of rotatable bonds is 4. The molecule has 0 aliphatic rings. The molecule has 0 spiro atoms. The molecule has 3 aromatic rings. The minimum absolute atomic E-state index is 0.0220. The molecule has 124 valence electrons. The number of benzene rings is 1. The van der Waals surface area contributed by atoms with Crippen LogP contribution in [-0.2, 0) is 6.42 Å². The van der Waals surface area contributed by atoms with Gasteiger partial charge < -0.3 is 9.72 Å². The molecule has 0 aliphatic carbocycles. The van der Waals surface area contributed by atoms with Crippen molar-refractivity contribution >= 4 is 11.4 Å². The van der Waals surface area contributed by atoms with E-state index < -0.39 is 17.7 Å². The summed E-state index contributed by atoms with van der Waals surface area (Å²) >= 11 is 0. The fourth-order valence-electron chi connectivity index (χ4n) is 2.65. The maximum Gasteiger partial charge on any atom is 0.252 e. The van der Waals surface area contributed by atoms with Gasteiger partial charge in [0, 0.05) is 17.8 Å². The molecule has 4 nitrogen and oxygen atoms in total. The number of nitrogens with one attached hydrogen (secondary N) is 1. The van der Waals surface area contributed by atoms with Gasteiger partial charge in [-0.1, -0.05) is 6.07 Å². The molecule has 1 aromatic carbocycles. The van der Waals surface area contributed by atoms with E-state index in [1.165, 1.54) is 18.2 Å². The lowest BCUT2D eigenvalue weighted by molar-refractivity contribution is 0.0939. The van der Waals surface area contributed by atoms with Crippen molar-refractivity contribution in [2.75, 3.05) is 0 Å². The highest BCUT2D eigenvalue weighted by Gasteiger charge is 2.15. The topological polar surface area (TPSA) is 46.4 Å². The van der Waals surface area contributed by atoms with Gasteiger partial charge >= 0.3 is 0 Å². The number of hydrogen-bond acceptors (Lipinski definition) is 2. The van der Waals surface area contributed by atoms with Crippen molar-refractivity contribution in [2.45, 2.75) is 26.3 Å². The molecule has 3 rings (SSSR count). The summed E-state index contributed by atoms with van der Waals surface area (Å²) in [4.78, 5) is 16.5. The molecule has 0 radical (unpaired) electrons. The predicted octanol–water partition coefficient (Wildman–Crippen LogP) is 3.28. The molecule has 1 unspecified atom stereocenters. The van der Waals surface area contributed by atoms with E-state index >= 15 is 0 Å². The van der Waals surface area contributed by atoms with Crippen molar-refractivity contribution in [1.82, 2.24) is 14.7 Å². The molecule has 2 heterocycles. The van der Waals surface area contributed by atoms with E-state index in [1.54, 1.807) is 31.5 Å². The van der Waals surface area contributed by atoms with E-state index in [0.29, 0.717) is 5.56 Å². The van der Waals surface area contributed by atoms with Crippen LogP contribution in [-0.4, -0.2) is 21.3 Å². The Bertz CT molecular complexity index is 884. The number of aromatic nitrogens is 2. The van der Waals surface area contributed by atoms with Crippen LogP contribution >= 0.6 is 0 Å². The molecule has 0 fully saturated rings. The number of hydrogen-bond donors (Lipinski definition) is 1. The molecular formula is C18H17F2N3O. The van der Waals surface area contributed by atoms with Crippen molar-refractivity contribution in [2.24, 2.45) is 0 Å². The normalized spacial score (nSPS) is 12.3. The number of amides is 1. The first kappa shape index (κ1) is 16.1. The number of imidazole rings is 1. The second-order valence-electron chi connectivity index (χ2n) is 5.80. The Morgan fingerprint density at radius 1 is 1.25 bits per heavy atom. The fourth-order valence-corrected chi connectivity index (χ4v) is 2.65. The predicted molar refractivity (Wildman–Crippen MR) is 86.9 cm³/mol. The highest BCUT2D eigenvalue weighted by Crippen LogP contribution is 2.15. The average Bonchev–Trinajstić information content (AvgIpc) is 2.92. The van der Waals surface area contributed by atoms with Gasteiger partial charge in [0.15, 0.2) is 0 Å². The van der Waals surface area contributed by atoms with Gasteiger partial charge in [-0.3, -0.25) is 4.79 Å². The van der Waals surface area contributed by atoms with Crippen molar-refractivity contribution in [1.29, 1.82) is 0 Å². The number of carbonyl (C=O) groups excluding carboxylic acids is 1. The number of fused-ring (bicyclic) bond motifs is 1. The van der Waals surface area contributed by atoms with Crippen LogP contribution in [0.3, 0.4) is 0 Å². The standard InChI is InChI=1S/C18H17F2N3O/c1-11(8-15-16(19)4-3-5-17(15)20)22-18(24)13-6-7-14-9-21-12(2)23(14)10-13/h3-7,9-11H,8H2,1-2H3,(H,22,24). The summed E-state index contributed by atoms with van der Waals surface area (Å²) in [7, 11) is 0. The van der Waals surface area contributed by atoms with Crippen LogP contribution in [0.2, 0.25) is 0 Å². The second-order valence-corrected chi connectivity index (χ2v) is 5.80. The summed E-state index contributed by atoms with van der Waals surface area (Å²) in [6.07, 6.45) is 3.50. The third-order valence-corrected chi connectivity index (χ3v) is 3.92. The van der Waals surface area contributed by atoms with Gasteiger partial charge in [-0.15, -0.1) is 0 Å². The molecule has 0 aliphatic heterocycles. The molecule has 0 saturated carbocycles. The Hall–Kier alpha value is -2.76. The van der Waals surface area contributed by atoms with E-state index in [2.05, 4.69) is 10.3 Å². The van der Waals surface area contributed by atoms with Gasteiger partial charge in [-0.05, 0) is 44.5 Å². The largest absolute Gasteiger partial charge is 0.349 e. The van der Waals surface area contributed by atoms with Crippen LogP contribution < -0.4 is 5.32 Å². The van der Waals surface area contributed by atoms with Gasteiger partial charge in [0.1, 0.15) is 17.5 Å². The summed E-state index contributed by atoms with van der Waals surface area (Å²) in [5.74, 6) is -0.728.